The lowest BCUT2D eigenvalue weighted by Crippen LogP contribution is -2.32. The average Bonchev–Trinajstić information content (AvgIpc) is 2.91. The Bertz CT molecular complexity index is 662. The molecule has 0 radical (unpaired) electrons. The predicted molar refractivity (Wildman–Crippen MR) is 82.6 cm³/mol. The minimum atomic E-state index is -1.03. The molecular weight excluding hydrogens is 262 g/mol. The molecule has 0 saturated heterocycles. The summed E-state index contributed by atoms with van der Waals surface area (Å²) in [5.74, 6) is 0. The smallest absolute Gasteiger partial charge is 0.0981 e. The molecule has 0 spiro atoms. The van der Waals surface area contributed by atoms with Crippen LogP contribution in [-0.2, 0) is 5.60 Å². The second-order valence-corrected chi connectivity index (χ2v) is 5.48. The first-order valence-electron chi connectivity index (χ1n) is 7.16. The second-order valence-electron chi connectivity index (χ2n) is 5.48. The third kappa shape index (κ3) is 2.51. The van der Waals surface area contributed by atoms with Crippen LogP contribution in [0.4, 0.5) is 0 Å². The van der Waals surface area contributed by atoms with Crippen molar-refractivity contribution < 1.29 is 5.11 Å². The number of aliphatic hydroxyl groups is 1. The van der Waals surface area contributed by atoms with E-state index in [0.717, 1.165) is 29.5 Å². The zero-order valence-electron chi connectivity index (χ0n) is 11.7. The van der Waals surface area contributed by atoms with Gasteiger partial charge >= 0.3 is 0 Å². The van der Waals surface area contributed by atoms with Gasteiger partial charge in [0, 0.05) is 4.91 Å². The van der Waals surface area contributed by atoms with Crippen LogP contribution in [0.2, 0.25) is 0 Å². The van der Waals surface area contributed by atoms with Gasteiger partial charge in [0.1, 0.15) is 0 Å². The van der Waals surface area contributed by atoms with Crippen LogP contribution >= 0.6 is 0 Å². The van der Waals surface area contributed by atoms with E-state index in [1.54, 1.807) is 0 Å². The molecule has 2 aromatic rings. The molecule has 0 bridgehead atoms. The SMILES string of the molecule is [N-]=[N+]=N[C@H]1CCC[C@]1(O)c1ccc(-c2ccccc2)cc1. The fraction of sp³-hybridized carbons (Fsp3) is 0.294. The molecule has 4 nitrogen and oxygen atoms in total. The number of benzene rings is 2. The van der Waals surface area contributed by atoms with Gasteiger partial charge in [0.15, 0.2) is 0 Å². The van der Waals surface area contributed by atoms with E-state index in [2.05, 4.69) is 22.2 Å². The van der Waals surface area contributed by atoms with Crippen LogP contribution in [0.3, 0.4) is 0 Å². The third-order valence-electron chi connectivity index (χ3n) is 4.27. The molecule has 1 aliphatic carbocycles. The maximum Gasteiger partial charge on any atom is 0.0981 e. The number of hydrogen-bond donors (Lipinski definition) is 1. The number of azide groups is 1. The zero-order valence-corrected chi connectivity index (χ0v) is 11.7. The summed E-state index contributed by atoms with van der Waals surface area (Å²) in [4.78, 5) is 2.87. The maximum atomic E-state index is 10.9. The van der Waals surface area contributed by atoms with Crippen LogP contribution in [0.15, 0.2) is 59.7 Å². The molecule has 3 rings (SSSR count). The van der Waals surface area contributed by atoms with Gasteiger partial charge in [-0.3, -0.25) is 0 Å². The van der Waals surface area contributed by atoms with Gasteiger partial charge in [-0.15, -0.1) is 0 Å². The highest BCUT2D eigenvalue weighted by molar-refractivity contribution is 5.63. The third-order valence-corrected chi connectivity index (χ3v) is 4.27. The number of nitrogens with zero attached hydrogens (tertiary/aromatic N) is 3. The van der Waals surface area contributed by atoms with Crippen LogP contribution in [0.1, 0.15) is 24.8 Å². The molecule has 1 fully saturated rings. The highest BCUT2D eigenvalue weighted by Crippen LogP contribution is 2.41. The van der Waals surface area contributed by atoms with Crippen LogP contribution < -0.4 is 0 Å². The van der Waals surface area contributed by atoms with Crippen molar-refractivity contribution in [1.82, 2.24) is 0 Å². The average molecular weight is 279 g/mol. The summed E-state index contributed by atoms with van der Waals surface area (Å²) < 4.78 is 0. The summed E-state index contributed by atoms with van der Waals surface area (Å²) in [6.07, 6.45) is 2.25. The Labute approximate surface area is 123 Å². The molecular formula is C17H17N3O. The Morgan fingerprint density at radius 1 is 1.05 bits per heavy atom. The van der Waals surface area contributed by atoms with Crippen molar-refractivity contribution >= 4 is 0 Å². The van der Waals surface area contributed by atoms with Crippen molar-refractivity contribution in [2.75, 3.05) is 0 Å². The lowest BCUT2D eigenvalue weighted by molar-refractivity contribution is 0.0284. The van der Waals surface area contributed by atoms with E-state index in [1.807, 2.05) is 42.5 Å². The maximum absolute atomic E-state index is 10.9. The molecule has 2 aromatic carbocycles. The minimum absolute atomic E-state index is 0.370. The first-order chi connectivity index (χ1) is 10.2. The molecule has 0 aromatic heterocycles. The van der Waals surface area contributed by atoms with Crippen molar-refractivity contribution in [2.24, 2.45) is 5.11 Å². The van der Waals surface area contributed by atoms with Crippen LogP contribution in [0, 0.1) is 0 Å². The topological polar surface area (TPSA) is 69.0 Å². The summed E-state index contributed by atoms with van der Waals surface area (Å²) in [6.45, 7) is 0. The molecule has 4 heteroatoms. The normalized spacial score (nSPS) is 24.5. The van der Waals surface area contributed by atoms with Crippen molar-refractivity contribution in [1.29, 1.82) is 0 Å². The fourth-order valence-corrected chi connectivity index (χ4v) is 3.10. The first-order valence-corrected chi connectivity index (χ1v) is 7.16. The zero-order chi connectivity index (χ0) is 14.7. The Morgan fingerprint density at radius 3 is 2.38 bits per heavy atom. The van der Waals surface area contributed by atoms with Gasteiger partial charge in [-0.2, -0.15) is 0 Å². The Kier molecular flexibility index (Phi) is 3.65. The van der Waals surface area contributed by atoms with E-state index in [4.69, 9.17) is 5.53 Å². The largest absolute Gasteiger partial charge is 0.385 e. The van der Waals surface area contributed by atoms with Crippen LogP contribution in [0.25, 0.3) is 21.6 Å². The van der Waals surface area contributed by atoms with Gasteiger partial charge < -0.3 is 5.11 Å². The molecule has 1 saturated carbocycles. The van der Waals surface area contributed by atoms with Crippen molar-refractivity contribution in [2.45, 2.75) is 30.9 Å². The van der Waals surface area contributed by atoms with Gasteiger partial charge in [0.25, 0.3) is 0 Å². The summed E-state index contributed by atoms with van der Waals surface area (Å²) in [7, 11) is 0. The van der Waals surface area contributed by atoms with Crippen molar-refractivity contribution in [3.63, 3.8) is 0 Å². The molecule has 1 N–H and O–H groups in total. The van der Waals surface area contributed by atoms with E-state index in [1.165, 1.54) is 0 Å². The second kappa shape index (κ2) is 5.60. The highest BCUT2D eigenvalue weighted by atomic mass is 16.3. The molecule has 0 heterocycles. The van der Waals surface area contributed by atoms with Crippen LogP contribution in [-0.4, -0.2) is 11.1 Å². The van der Waals surface area contributed by atoms with Gasteiger partial charge in [-0.1, -0.05) is 59.7 Å². The Balaban J connectivity index is 1.92. The summed E-state index contributed by atoms with van der Waals surface area (Å²) in [5.41, 5.74) is 10.7. The fourth-order valence-electron chi connectivity index (χ4n) is 3.10. The molecule has 1 aliphatic rings. The van der Waals surface area contributed by atoms with Gasteiger partial charge in [0.2, 0.25) is 0 Å². The lowest BCUT2D eigenvalue weighted by Gasteiger charge is -2.28. The van der Waals surface area contributed by atoms with E-state index < -0.39 is 5.60 Å². The van der Waals surface area contributed by atoms with Crippen molar-refractivity contribution in [3.05, 3.63) is 70.6 Å². The van der Waals surface area contributed by atoms with E-state index in [-0.39, 0.29) is 6.04 Å². The summed E-state index contributed by atoms with van der Waals surface area (Å²) >= 11 is 0. The van der Waals surface area contributed by atoms with E-state index in [0.29, 0.717) is 6.42 Å². The van der Waals surface area contributed by atoms with Gasteiger partial charge in [-0.25, -0.2) is 0 Å². The molecule has 21 heavy (non-hydrogen) atoms. The number of hydrogen-bond acceptors (Lipinski definition) is 2. The molecule has 2 atom stereocenters. The molecule has 106 valence electrons. The number of rotatable bonds is 3. The quantitative estimate of drug-likeness (QED) is 0.505. The molecule has 0 amide bonds. The molecule has 0 unspecified atom stereocenters. The minimum Gasteiger partial charge on any atom is -0.385 e. The monoisotopic (exact) mass is 279 g/mol. The predicted octanol–water partition coefficient (Wildman–Crippen LogP) is 4.40. The first kappa shape index (κ1) is 13.7. The summed E-state index contributed by atoms with van der Waals surface area (Å²) in [6, 6.07) is 17.6. The van der Waals surface area contributed by atoms with Crippen molar-refractivity contribution in [3.8, 4) is 11.1 Å². The lowest BCUT2D eigenvalue weighted by atomic mass is 9.88. The standard InChI is InChI=1S/C17H17N3O/c18-20-19-16-7-4-12-17(16,21)15-10-8-14(9-11-15)13-5-2-1-3-6-13/h1-3,5-6,8-11,16,21H,4,7,12H2/t16-,17-/m0/s1. The molecule has 0 aliphatic heterocycles. The van der Waals surface area contributed by atoms with E-state index >= 15 is 0 Å². The highest BCUT2D eigenvalue weighted by Gasteiger charge is 2.42. The Hall–Kier alpha value is -2.29. The van der Waals surface area contributed by atoms with E-state index in [9.17, 15) is 5.11 Å². The summed E-state index contributed by atoms with van der Waals surface area (Å²) in [5, 5.41) is 14.6. The van der Waals surface area contributed by atoms with Crippen LogP contribution in [0.5, 0.6) is 0 Å². The van der Waals surface area contributed by atoms with Gasteiger partial charge in [0.05, 0.1) is 11.6 Å². The Morgan fingerprint density at radius 2 is 1.71 bits per heavy atom. The van der Waals surface area contributed by atoms with Gasteiger partial charge in [-0.05, 0) is 41.5 Å².